The summed E-state index contributed by atoms with van der Waals surface area (Å²) in [5, 5.41) is 5.75. The van der Waals surface area contributed by atoms with E-state index in [0.29, 0.717) is 23.5 Å². The van der Waals surface area contributed by atoms with Crippen LogP contribution in [0.2, 0.25) is 0 Å². The van der Waals surface area contributed by atoms with Crippen molar-refractivity contribution >= 4 is 17.5 Å². The van der Waals surface area contributed by atoms with Crippen LogP contribution in [0, 0.1) is 0 Å². The first-order chi connectivity index (χ1) is 11.7. The molecule has 0 radical (unpaired) electrons. The van der Waals surface area contributed by atoms with Crippen molar-refractivity contribution in [3.8, 4) is 5.75 Å². The van der Waals surface area contributed by atoms with Crippen molar-refractivity contribution < 1.29 is 14.3 Å². The standard InChI is InChI=1S/C19H18N2O3/c22-17-11-24-16-10-13(6-7-15(16)21-17)18(23)20-12-19(8-9-19)14-4-2-1-3-5-14/h1-7,10H,8-9,11-12H2,(H,20,23)(H,21,22). The summed E-state index contributed by atoms with van der Waals surface area (Å²) in [4.78, 5) is 23.7. The zero-order valence-electron chi connectivity index (χ0n) is 13.2. The molecule has 2 aromatic carbocycles. The molecular weight excluding hydrogens is 304 g/mol. The molecule has 5 heteroatoms. The van der Waals surface area contributed by atoms with Gasteiger partial charge in [-0.15, -0.1) is 0 Å². The maximum Gasteiger partial charge on any atom is 0.262 e. The van der Waals surface area contributed by atoms with Gasteiger partial charge in [0.2, 0.25) is 0 Å². The second-order valence-corrected chi connectivity index (χ2v) is 6.38. The molecule has 0 saturated heterocycles. The van der Waals surface area contributed by atoms with Crippen LogP contribution in [0.1, 0.15) is 28.8 Å². The van der Waals surface area contributed by atoms with Gasteiger partial charge in [0.25, 0.3) is 11.8 Å². The van der Waals surface area contributed by atoms with Crippen LogP contribution >= 0.6 is 0 Å². The van der Waals surface area contributed by atoms with Crippen LogP contribution in [-0.4, -0.2) is 25.0 Å². The lowest BCUT2D eigenvalue weighted by Crippen LogP contribution is -2.32. The van der Waals surface area contributed by atoms with Crippen molar-refractivity contribution in [1.29, 1.82) is 0 Å². The van der Waals surface area contributed by atoms with Crippen LogP contribution < -0.4 is 15.4 Å². The van der Waals surface area contributed by atoms with E-state index in [1.807, 2.05) is 18.2 Å². The number of benzene rings is 2. The number of carbonyl (C=O) groups is 2. The van der Waals surface area contributed by atoms with E-state index in [9.17, 15) is 9.59 Å². The Labute approximate surface area is 140 Å². The van der Waals surface area contributed by atoms with Crippen LogP contribution in [0.4, 0.5) is 5.69 Å². The summed E-state index contributed by atoms with van der Waals surface area (Å²) < 4.78 is 5.36. The second-order valence-electron chi connectivity index (χ2n) is 6.38. The van der Waals surface area contributed by atoms with Crippen LogP contribution in [-0.2, 0) is 10.2 Å². The number of rotatable bonds is 4. The van der Waals surface area contributed by atoms with E-state index in [1.54, 1.807) is 18.2 Å². The molecule has 1 saturated carbocycles. The van der Waals surface area contributed by atoms with Crippen molar-refractivity contribution in [3.05, 3.63) is 59.7 Å². The molecule has 2 amide bonds. The Morgan fingerprint density at radius 1 is 1.17 bits per heavy atom. The maximum atomic E-state index is 12.4. The van der Waals surface area contributed by atoms with Gasteiger partial charge in [-0.1, -0.05) is 30.3 Å². The number of fused-ring (bicyclic) bond motifs is 1. The van der Waals surface area contributed by atoms with E-state index < -0.39 is 0 Å². The SMILES string of the molecule is O=C1COc2cc(C(=O)NCC3(c4ccccc4)CC3)ccc2N1. The molecule has 0 atom stereocenters. The number of amides is 2. The first kappa shape index (κ1) is 14.8. The quantitative estimate of drug-likeness (QED) is 0.909. The predicted molar refractivity (Wildman–Crippen MR) is 90.3 cm³/mol. The molecule has 1 aliphatic heterocycles. The van der Waals surface area contributed by atoms with Crippen molar-refractivity contribution in [2.75, 3.05) is 18.5 Å². The highest BCUT2D eigenvalue weighted by Crippen LogP contribution is 2.47. The van der Waals surface area contributed by atoms with E-state index in [2.05, 4.69) is 22.8 Å². The number of ether oxygens (including phenoxy) is 1. The van der Waals surface area contributed by atoms with Crippen molar-refractivity contribution in [1.82, 2.24) is 5.32 Å². The zero-order chi connectivity index (χ0) is 16.6. The summed E-state index contributed by atoms with van der Waals surface area (Å²) in [5.41, 5.74) is 2.50. The molecule has 0 aromatic heterocycles. The zero-order valence-corrected chi connectivity index (χ0v) is 13.2. The molecule has 5 nitrogen and oxygen atoms in total. The average molecular weight is 322 g/mol. The molecule has 1 aliphatic carbocycles. The summed E-state index contributed by atoms with van der Waals surface area (Å²) in [6.45, 7) is 0.611. The molecule has 1 fully saturated rings. The Morgan fingerprint density at radius 2 is 1.96 bits per heavy atom. The molecule has 122 valence electrons. The van der Waals surface area contributed by atoms with Crippen LogP contribution in [0.25, 0.3) is 0 Å². The Bertz CT molecular complexity index is 798. The molecule has 2 aliphatic rings. The van der Waals surface area contributed by atoms with Gasteiger partial charge in [0.15, 0.2) is 6.61 Å². The summed E-state index contributed by atoms with van der Waals surface area (Å²) in [5.74, 6) is 0.227. The summed E-state index contributed by atoms with van der Waals surface area (Å²) in [6, 6.07) is 15.4. The Hall–Kier alpha value is -2.82. The van der Waals surface area contributed by atoms with Gasteiger partial charge in [0.05, 0.1) is 5.69 Å². The Kier molecular flexibility index (Phi) is 3.49. The van der Waals surface area contributed by atoms with E-state index in [0.717, 1.165) is 12.8 Å². The second kappa shape index (κ2) is 5.67. The van der Waals surface area contributed by atoms with Gasteiger partial charge >= 0.3 is 0 Å². The topological polar surface area (TPSA) is 67.4 Å². The first-order valence-electron chi connectivity index (χ1n) is 8.07. The van der Waals surface area contributed by atoms with Gasteiger partial charge in [-0.2, -0.15) is 0 Å². The number of hydrogen-bond donors (Lipinski definition) is 2. The van der Waals surface area contributed by atoms with Gasteiger partial charge in [-0.3, -0.25) is 9.59 Å². The van der Waals surface area contributed by atoms with Gasteiger partial charge < -0.3 is 15.4 Å². The predicted octanol–water partition coefficient (Wildman–Crippen LogP) is 2.48. The Balaban J connectivity index is 1.45. The fraction of sp³-hybridized carbons (Fsp3) is 0.263. The molecule has 24 heavy (non-hydrogen) atoms. The van der Waals surface area contributed by atoms with E-state index in [-0.39, 0.29) is 23.8 Å². The molecule has 0 unspecified atom stereocenters. The van der Waals surface area contributed by atoms with Gasteiger partial charge in [0.1, 0.15) is 5.75 Å². The highest BCUT2D eigenvalue weighted by atomic mass is 16.5. The molecule has 2 N–H and O–H groups in total. The average Bonchev–Trinajstić information content (AvgIpc) is 3.41. The molecule has 0 spiro atoms. The van der Waals surface area contributed by atoms with Crippen molar-refractivity contribution in [2.45, 2.75) is 18.3 Å². The lowest BCUT2D eigenvalue weighted by Gasteiger charge is -2.19. The first-order valence-corrected chi connectivity index (χ1v) is 8.07. The highest BCUT2D eigenvalue weighted by Gasteiger charge is 2.44. The summed E-state index contributed by atoms with van der Waals surface area (Å²) in [6.07, 6.45) is 2.19. The maximum absolute atomic E-state index is 12.4. The van der Waals surface area contributed by atoms with Crippen molar-refractivity contribution in [2.24, 2.45) is 0 Å². The normalized spacial score (nSPS) is 17.2. The smallest absolute Gasteiger partial charge is 0.262 e. The highest BCUT2D eigenvalue weighted by molar-refractivity contribution is 5.99. The minimum absolute atomic E-state index is 0.0187. The number of nitrogens with one attached hydrogen (secondary N) is 2. The van der Waals surface area contributed by atoms with Gasteiger partial charge in [-0.05, 0) is 36.6 Å². The molecule has 4 rings (SSSR count). The fourth-order valence-corrected chi connectivity index (χ4v) is 3.08. The van der Waals surface area contributed by atoms with Crippen LogP contribution in [0.15, 0.2) is 48.5 Å². The van der Waals surface area contributed by atoms with Gasteiger partial charge in [-0.25, -0.2) is 0 Å². The summed E-state index contributed by atoms with van der Waals surface area (Å²) >= 11 is 0. The fourth-order valence-electron chi connectivity index (χ4n) is 3.08. The van der Waals surface area contributed by atoms with E-state index >= 15 is 0 Å². The summed E-state index contributed by atoms with van der Waals surface area (Å²) in [7, 11) is 0. The number of carbonyl (C=O) groups excluding carboxylic acids is 2. The van der Waals surface area contributed by atoms with E-state index in [4.69, 9.17) is 4.74 Å². The number of hydrogen-bond acceptors (Lipinski definition) is 3. The third-order valence-corrected chi connectivity index (χ3v) is 4.70. The molecule has 2 aromatic rings. The van der Waals surface area contributed by atoms with Crippen molar-refractivity contribution in [3.63, 3.8) is 0 Å². The number of anilines is 1. The van der Waals surface area contributed by atoms with Crippen LogP contribution in [0.3, 0.4) is 0 Å². The molecular formula is C19H18N2O3. The van der Waals surface area contributed by atoms with Gasteiger partial charge in [0, 0.05) is 17.5 Å². The third kappa shape index (κ3) is 2.73. The monoisotopic (exact) mass is 322 g/mol. The molecule has 1 heterocycles. The van der Waals surface area contributed by atoms with E-state index in [1.165, 1.54) is 5.56 Å². The largest absolute Gasteiger partial charge is 0.482 e. The Morgan fingerprint density at radius 3 is 2.71 bits per heavy atom. The lowest BCUT2D eigenvalue weighted by molar-refractivity contribution is -0.118. The minimum Gasteiger partial charge on any atom is -0.482 e. The third-order valence-electron chi connectivity index (χ3n) is 4.70. The minimum atomic E-state index is -0.182. The lowest BCUT2D eigenvalue weighted by atomic mass is 9.96. The van der Waals surface area contributed by atoms with Crippen LogP contribution in [0.5, 0.6) is 5.75 Å². The molecule has 0 bridgehead atoms.